The molecule has 4 heteroatoms. The number of rotatable bonds is 4. The van der Waals surface area contributed by atoms with E-state index in [9.17, 15) is 0 Å². The monoisotopic (exact) mass is 238 g/mol. The molecule has 0 bridgehead atoms. The molecule has 1 aliphatic carbocycles. The van der Waals surface area contributed by atoms with Crippen molar-refractivity contribution in [3.63, 3.8) is 0 Å². The van der Waals surface area contributed by atoms with E-state index in [2.05, 4.69) is 10.5 Å². The molecular formula is C13H22N2O2. The van der Waals surface area contributed by atoms with E-state index in [1.165, 1.54) is 19.3 Å². The summed E-state index contributed by atoms with van der Waals surface area (Å²) in [5.41, 5.74) is 2.05. The van der Waals surface area contributed by atoms with Gasteiger partial charge in [-0.1, -0.05) is 18.0 Å². The van der Waals surface area contributed by atoms with Crippen molar-refractivity contribution in [1.82, 2.24) is 10.5 Å². The van der Waals surface area contributed by atoms with E-state index in [0.717, 1.165) is 23.4 Å². The molecule has 0 amide bonds. The van der Waals surface area contributed by atoms with Crippen LogP contribution in [0.3, 0.4) is 0 Å². The van der Waals surface area contributed by atoms with Crippen LogP contribution in [0.4, 0.5) is 0 Å². The van der Waals surface area contributed by atoms with Gasteiger partial charge in [-0.2, -0.15) is 0 Å². The number of hydrogen-bond donors (Lipinski definition) is 1. The average molecular weight is 238 g/mol. The van der Waals surface area contributed by atoms with E-state index >= 15 is 0 Å². The number of aryl methyl sites for hydroxylation is 2. The van der Waals surface area contributed by atoms with E-state index in [-0.39, 0.29) is 0 Å². The molecule has 1 saturated carbocycles. The maximum atomic E-state index is 6.03. The van der Waals surface area contributed by atoms with Gasteiger partial charge in [0.2, 0.25) is 0 Å². The third-order valence-electron chi connectivity index (χ3n) is 3.70. The summed E-state index contributed by atoms with van der Waals surface area (Å²) in [5, 5.41) is 7.30. The lowest BCUT2D eigenvalue weighted by atomic mass is 9.92. The maximum absolute atomic E-state index is 6.03. The summed E-state index contributed by atoms with van der Waals surface area (Å²) in [5.74, 6) is 0.874. The van der Waals surface area contributed by atoms with Crippen LogP contribution in [-0.4, -0.2) is 24.4 Å². The van der Waals surface area contributed by atoms with Gasteiger partial charge in [0.05, 0.1) is 18.4 Å². The highest BCUT2D eigenvalue weighted by atomic mass is 16.5. The van der Waals surface area contributed by atoms with Crippen LogP contribution in [0.5, 0.6) is 0 Å². The molecule has 0 aromatic carbocycles. The molecule has 2 rings (SSSR count). The molecule has 0 spiro atoms. The van der Waals surface area contributed by atoms with E-state index < -0.39 is 0 Å². The molecule has 96 valence electrons. The Bertz CT molecular complexity index is 343. The zero-order valence-corrected chi connectivity index (χ0v) is 11.0. The molecule has 1 heterocycles. The zero-order chi connectivity index (χ0) is 12.3. The van der Waals surface area contributed by atoms with E-state index in [4.69, 9.17) is 9.26 Å². The Morgan fingerprint density at radius 2 is 2.12 bits per heavy atom. The van der Waals surface area contributed by atoms with Gasteiger partial charge < -0.3 is 14.6 Å². The van der Waals surface area contributed by atoms with Crippen LogP contribution >= 0.6 is 0 Å². The Balaban J connectivity index is 1.92. The van der Waals surface area contributed by atoms with Gasteiger partial charge in [-0.3, -0.25) is 0 Å². The number of ether oxygens (including phenoxy) is 1. The number of likely N-dealkylation sites (N-methyl/N-ethyl adjacent to an activating group) is 1. The molecule has 0 aliphatic heterocycles. The summed E-state index contributed by atoms with van der Waals surface area (Å²) in [6, 6.07) is 0.490. The lowest BCUT2D eigenvalue weighted by molar-refractivity contribution is -0.00420. The molecule has 17 heavy (non-hydrogen) atoms. The Hall–Kier alpha value is -0.870. The molecular weight excluding hydrogens is 216 g/mol. The Morgan fingerprint density at radius 3 is 2.76 bits per heavy atom. The van der Waals surface area contributed by atoms with Crippen molar-refractivity contribution in [3.05, 3.63) is 17.0 Å². The van der Waals surface area contributed by atoms with Crippen LogP contribution in [-0.2, 0) is 11.3 Å². The fourth-order valence-electron chi connectivity index (χ4n) is 2.52. The highest BCUT2D eigenvalue weighted by Crippen LogP contribution is 2.23. The summed E-state index contributed by atoms with van der Waals surface area (Å²) in [6.07, 6.45) is 5.25. The van der Waals surface area contributed by atoms with Crippen LogP contribution < -0.4 is 5.32 Å². The second-order valence-corrected chi connectivity index (χ2v) is 4.83. The minimum Gasteiger partial charge on any atom is -0.372 e. The van der Waals surface area contributed by atoms with Crippen LogP contribution in [0.15, 0.2) is 4.52 Å². The summed E-state index contributed by atoms with van der Waals surface area (Å²) in [4.78, 5) is 0. The first-order valence-electron chi connectivity index (χ1n) is 6.43. The van der Waals surface area contributed by atoms with Gasteiger partial charge in [-0.15, -0.1) is 0 Å². The van der Waals surface area contributed by atoms with Crippen molar-refractivity contribution < 1.29 is 9.26 Å². The van der Waals surface area contributed by atoms with Crippen LogP contribution in [0.2, 0.25) is 0 Å². The average Bonchev–Trinajstić information content (AvgIpc) is 2.67. The number of aromatic nitrogens is 1. The van der Waals surface area contributed by atoms with Crippen molar-refractivity contribution >= 4 is 0 Å². The topological polar surface area (TPSA) is 47.3 Å². The quantitative estimate of drug-likeness (QED) is 0.874. The van der Waals surface area contributed by atoms with Crippen molar-refractivity contribution in [2.75, 3.05) is 7.05 Å². The molecule has 1 fully saturated rings. The van der Waals surface area contributed by atoms with E-state index in [0.29, 0.717) is 18.8 Å². The lowest BCUT2D eigenvalue weighted by Crippen LogP contribution is -2.41. The predicted molar refractivity (Wildman–Crippen MR) is 65.9 cm³/mol. The highest BCUT2D eigenvalue weighted by Gasteiger charge is 2.25. The third kappa shape index (κ3) is 2.87. The van der Waals surface area contributed by atoms with Gasteiger partial charge >= 0.3 is 0 Å². The fourth-order valence-corrected chi connectivity index (χ4v) is 2.52. The predicted octanol–water partition coefficient (Wildman–Crippen LogP) is 2.34. The molecule has 2 unspecified atom stereocenters. The zero-order valence-electron chi connectivity index (χ0n) is 11.0. The molecule has 2 atom stereocenters. The van der Waals surface area contributed by atoms with Gasteiger partial charge in [0.15, 0.2) is 0 Å². The highest BCUT2D eigenvalue weighted by molar-refractivity contribution is 5.19. The summed E-state index contributed by atoms with van der Waals surface area (Å²) >= 11 is 0. The maximum Gasteiger partial charge on any atom is 0.139 e. The minimum atomic E-state index is 0.322. The Morgan fingerprint density at radius 1 is 1.35 bits per heavy atom. The van der Waals surface area contributed by atoms with E-state index in [1.54, 1.807) is 0 Å². The summed E-state index contributed by atoms with van der Waals surface area (Å²) in [6.45, 7) is 4.52. The van der Waals surface area contributed by atoms with Crippen LogP contribution in [0, 0.1) is 13.8 Å². The third-order valence-corrected chi connectivity index (χ3v) is 3.70. The molecule has 0 radical (unpaired) electrons. The fraction of sp³-hybridized carbons (Fsp3) is 0.769. The summed E-state index contributed by atoms with van der Waals surface area (Å²) in [7, 11) is 2.02. The van der Waals surface area contributed by atoms with Crippen molar-refractivity contribution in [2.24, 2.45) is 0 Å². The molecule has 4 nitrogen and oxygen atoms in total. The molecule has 1 aromatic rings. The van der Waals surface area contributed by atoms with Gasteiger partial charge in [-0.05, 0) is 33.7 Å². The molecule has 0 saturated heterocycles. The number of hydrogen-bond acceptors (Lipinski definition) is 4. The smallest absolute Gasteiger partial charge is 0.139 e. The second kappa shape index (κ2) is 5.65. The first-order chi connectivity index (χ1) is 8.22. The second-order valence-electron chi connectivity index (χ2n) is 4.83. The first kappa shape index (κ1) is 12.6. The van der Waals surface area contributed by atoms with Crippen molar-refractivity contribution in [1.29, 1.82) is 0 Å². The Kier molecular flexibility index (Phi) is 4.18. The van der Waals surface area contributed by atoms with E-state index in [1.807, 2.05) is 20.9 Å². The number of nitrogens with zero attached hydrogens (tertiary/aromatic N) is 1. The first-order valence-corrected chi connectivity index (χ1v) is 6.43. The van der Waals surface area contributed by atoms with Crippen LogP contribution in [0.25, 0.3) is 0 Å². The number of nitrogens with one attached hydrogen (secondary N) is 1. The van der Waals surface area contributed by atoms with Gasteiger partial charge in [0, 0.05) is 11.6 Å². The molecule has 1 N–H and O–H groups in total. The standard InChI is InChI=1S/C13H22N2O2/c1-9-11(10(2)17-15-9)8-16-13-7-5-4-6-12(13)14-3/h12-14H,4-8H2,1-3H3. The van der Waals surface area contributed by atoms with Crippen molar-refractivity contribution in [2.45, 2.75) is 58.3 Å². The SMILES string of the molecule is CNC1CCCCC1OCc1c(C)noc1C. The minimum absolute atomic E-state index is 0.322. The summed E-state index contributed by atoms with van der Waals surface area (Å²) < 4.78 is 11.2. The molecule has 1 aliphatic rings. The van der Waals surface area contributed by atoms with Gasteiger partial charge in [0.25, 0.3) is 0 Å². The van der Waals surface area contributed by atoms with Crippen molar-refractivity contribution in [3.8, 4) is 0 Å². The largest absolute Gasteiger partial charge is 0.372 e. The normalized spacial score (nSPS) is 25.1. The van der Waals surface area contributed by atoms with Gasteiger partial charge in [-0.25, -0.2) is 0 Å². The van der Waals surface area contributed by atoms with Gasteiger partial charge in [0.1, 0.15) is 5.76 Å². The van der Waals surface area contributed by atoms with Crippen LogP contribution in [0.1, 0.15) is 42.7 Å². The lowest BCUT2D eigenvalue weighted by Gasteiger charge is -2.31. The molecule has 1 aromatic heterocycles. The Labute approximate surface area is 103 Å².